The minimum absolute atomic E-state index is 0.188. The Bertz CT molecular complexity index is 448. The van der Waals surface area contributed by atoms with Gasteiger partial charge in [-0.1, -0.05) is 32.0 Å². The van der Waals surface area contributed by atoms with Crippen molar-refractivity contribution >= 4 is 0 Å². The first-order valence-corrected chi connectivity index (χ1v) is 5.52. The average Bonchev–Trinajstić information content (AvgIpc) is 2.29. The molecule has 0 aromatic heterocycles. The van der Waals surface area contributed by atoms with E-state index in [1.165, 1.54) is 12.1 Å². The van der Waals surface area contributed by atoms with E-state index in [4.69, 9.17) is 5.26 Å². The smallest absolute Gasteiger partial charge is 0.391 e. The zero-order valence-electron chi connectivity index (χ0n) is 10.1. The molecular formula is C13H14F3NO. The van der Waals surface area contributed by atoms with Gasteiger partial charge >= 0.3 is 6.18 Å². The molecule has 1 aromatic rings. The molecule has 0 spiro atoms. The van der Waals surface area contributed by atoms with Crippen molar-refractivity contribution in [1.29, 1.82) is 5.26 Å². The highest BCUT2D eigenvalue weighted by Crippen LogP contribution is 2.32. The second-order valence-electron chi connectivity index (χ2n) is 4.46. The van der Waals surface area contributed by atoms with Gasteiger partial charge in [-0.15, -0.1) is 0 Å². The molecule has 0 aliphatic heterocycles. The lowest BCUT2D eigenvalue weighted by Crippen LogP contribution is -2.23. The van der Waals surface area contributed by atoms with Crippen LogP contribution in [0.3, 0.4) is 0 Å². The van der Waals surface area contributed by atoms with E-state index in [1.54, 1.807) is 13.8 Å². The summed E-state index contributed by atoms with van der Waals surface area (Å²) in [6.45, 7) is 3.42. The van der Waals surface area contributed by atoms with Gasteiger partial charge in [-0.2, -0.15) is 18.4 Å². The quantitative estimate of drug-likeness (QED) is 0.902. The van der Waals surface area contributed by atoms with Crippen LogP contribution >= 0.6 is 0 Å². The van der Waals surface area contributed by atoms with E-state index >= 15 is 0 Å². The molecule has 0 radical (unpaired) electrons. The molecule has 1 N–H and O–H groups in total. The summed E-state index contributed by atoms with van der Waals surface area (Å²) in [7, 11) is 0. The maximum Gasteiger partial charge on any atom is 0.416 e. The standard InChI is InChI=1S/C13H14F3NO/c1-8(2)12(18)11(7-17)9-4-3-5-10(6-9)13(14,15)16/h3-6,8,11-12,18H,1-2H3. The molecule has 0 aliphatic rings. The first-order valence-electron chi connectivity index (χ1n) is 5.52. The predicted octanol–water partition coefficient (Wildman–Crippen LogP) is 3.33. The highest BCUT2D eigenvalue weighted by Gasteiger charge is 2.32. The Kier molecular flexibility index (Phi) is 4.36. The van der Waals surface area contributed by atoms with Crippen molar-refractivity contribution in [1.82, 2.24) is 0 Å². The van der Waals surface area contributed by atoms with Gasteiger partial charge in [0, 0.05) is 0 Å². The Hall–Kier alpha value is -1.54. The molecule has 0 fully saturated rings. The molecule has 0 aliphatic carbocycles. The summed E-state index contributed by atoms with van der Waals surface area (Å²) in [5.74, 6) is -1.16. The van der Waals surface area contributed by atoms with Crippen molar-refractivity contribution in [2.45, 2.75) is 32.0 Å². The van der Waals surface area contributed by atoms with Gasteiger partial charge in [-0.3, -0.25) is 0 Å². The molecule has 18 heavy (non-hydrogen) atoms. The number of aliphatic hydroxyl groups is 1. The normalized spacial score (nSPS) is 15.2. The maximum absolute atomic E-state index is 12.5. The van der Waals surface area contributed by atoms with Crippen LogP contribution in [0, 0.1) is 17.2 Å². The Labute approximate surface area is 104 Å². The van der Waals surface area contributed by atoms with Gasteiger partial charge in [0.15, 0.2) is 0 Å². The molecule has 0 saturated heterocycles. The third-order valence-corrected chi connectivity index (χ3v) is 2.74. The van der Waals surface area contributed by atoms with Gasteiger partial charge in [0.2, 0.25) is 0 Å². The second kappa shape index (κ2) is 5.40. The highest BCUT2D eigenvalue weighted by molar-refractivity contribution is 5.32. The summed E-state index contributed by atoms with van der Waals surface area (Å²) in [4.78, 5) is 0. The number of rotatable bonds is 3. The molecule has 1 rings (SSSR count). The molecule has 0 amide bonds. The van der Waals surface area contributed by atoms with Crippen molar-refractivity contribution in [3.05, 3.63) is 35.4 Å². The van der Waals surface area contributed by atoms with Crippen molar-refractivity contribution in [2.24, 2.45) is 5.92 Å². The largest absolute Gasteiger partial charge is 0.416 e. The second-order valence-corrected chi connectivity index (χ2v) is 4.46. The number of hydrogen-bond acceptors (Lipinski definition) is 2. The SMILES string of the molecule is CC(C)C(O)C(C#N)c1cccc(C(F)(F)F)c1. The van der Waals surface area contributed by atoms with Gasteiger partial charge < -0.3 is 5.11 Å². The van der Waals surface area contributed by atoms with Gasteiger partial charge in [0.1, 0.15) is 0 Å². The van der Waals surface area contributed by atoms with Crippen LogP contribution in [0.15, 0.2) is 24.3 Å². The minimum Gasteiger partial charge on any atom is -0.391 e. The van der Waals surface area contributed by atoms with Crippen molar-refractivity contribution < 1.29 is 18.3 Å². The topological polar surface area (TPSA) is 44.0 Å². The lowest BCUT2D eigenvalue weighted by Gasteiger charge is -2.21. The Morgan fingerprint density at radius 3 is 2.33 bits per heavy atom. The Balaban J connectivity index is 3.13. The average molecular weight is 257 g/mol. The van der Waals surface area contributed by atoms with E-state index in [-0.39, 0.29) is 11.5 Å². The van der Waals surface area contributed by atoms with Gasteiger partial charge in [0.05, 0.1) is 23.7 Å². The molecule has 2 nitrogen and oxygen atoms in total. The van der Waals surface area contributed by atoms with E-state index in [1.807, 2.05) is 6.07 Å². The molecule has 0 heterocycles. The third kappa shape index (κ3) is 3.23. The van der Waals surface area contributed by atoms with Crippen LogP contribution in [0.25, 0.3) is 0 Å². The summed E-state index contributed by atoms with van der Waals surface area (Å²) in [6, 6.07) is 6.39. The molecule has 2 unspecified atom stereocenters. The summed E-state index contributed by atoms with van der Waals surface area (Å²) < 4.78 is 37.6. The van der Waals surface area contributed by atoms with Crippen LogP contribution < -0.4 is 0 Å². The first kappa shape index (κ1) is 14.5. The Morgan fingerprint density at radius 2 is 1.89 bits per heavy atom. The molecule has 0 saturated carbocycles. The number of hydrogen-bond donors (Lipinski definition) is 1. The van der Waals surface area contributed by atoms with Gasteiger partial charge in [-0.05, 0) is 17.5 Å². The molecular weight excluding hydrogens is 243 g/mol. The van der Waals surface area contributed by atoms with Crippen LogP contribution in [0.2, 0.25) is 0 Å². The minimum atomic E-state index is -4.45. The Morgan fingerprint density at radius 1 is 1.28 bits per heavy atom. The van der Waals surface area contributed by atoms with E-state index in [0.717, 1.165) is 12.1 Å². The van der Waals surface area contributed by atoms with E-state index in [0.29, 0.717) is 0 Å². The number of aliphatic hydroxyl groups excluding tert-OH is 1. The lowest BCUT2D eigenvalue weighted by atomic mass is 9.88. The van der Waals surface area contributed by atoms with Gasteiger partial charge in [0.25, 0.3) is 0 Å². The van der Waals surface area contributed by atoms with Crippen molar-refractivity contribution in [3.63, 3.8) is 0 Å². The number of nitriles is 1. The number of halogens is 3. The summed E-state index contributed by atoms with van der Waals surface area (Å²) in [6.07, 6.45) is -5.43. The summed E-state index contributed by atoms with van der Waals surface area (Å²) in [5.41, 5.74) is -0.621. The van der Waals surface area contributed by atoms with Crippen LogP contribution in [0.4, 0.5) is 13.2 Å². The number of alkyl halides is 3. The fourth-order valence-electron chi connectivity index (χ4n) is 1.64. The molecule has 98 valence electrons. The zero-order valence-corrected chi connectivity index (χ0v) is 10.1. The van der Waals surface area contributed by atoms with E-state index in [9.17, 15) is 18.3 Å². The van der Waals surface area contributed by atoms with Crippen LogP contribution in [0.5, 0.6) is 0 Å². The van der Waals surface area contributed by atoms with Crippen LogP contribution in [-0.2, 0) is 6.18 Å². The van der Waals surface area contributed by atoms with E-state index < -0.39 is 23.8 Å². The molecule has 2 atom stereocenters. The molecule has 5 heteroatoms. The fraction of sp³-hybridized carbons (Fsp3) is 0.462. The summed E-state index contributed by atoms with van der Waals surface area (Å²) in [5, 5.41) is 18.8. The monoisotopic (exact) mass is 257 g/mol. The van der Waals surface area contributed by atoms with Crippen LogP contribution in [-0.4, -0.2) is 11.2 Å². The van der Waals surface area contributed by atoms with Crippen LogP contribution in [0.1, 0.15) is 30.9 Å². The highest BCUT2D eigenvalue weighted by atomic mass is 19.4. The maximum atomic E-state index is 12.5. The van der Waals surface area contributed by atoms with Crippen molar-refractivity contribution in [2.75, 3.05) is 0 Å². The van der Waals surface area contributed by atoms with Crippen molar-refractivity contribution in [3.8, 4) is 6.07 Å². The predicted molar refractivity (Wildman–Crippen MR) is 60.6 cm³/mol. The van der Waals surface area contributed by atoms with Gasteiger partial charge in [-0.25, -0.2) is 0 Å². The number of nitrogens with zero attached hydrogens (tertiary/aromatic N) is 1. The lowest BCUT2D eigenvalue weighted by molar-refractivity contribution is -0.137. The fourth-order valence-corrected chi connectivity index (χ4v) is 1.64. The molecule has 0 bridgehead atoms. The number of benzene rings is 1. The first-order chi connectivity index (χ1) is 8.27. The zero-order chi connectivity index (χ0) is 13.9. The van der Waals surface area contributed by atoms with E-state index in [2.05, 4.69) is 0 Å². The molecule has 1 aromatic carbocycles. The summed E-state index contributed by atoms with van der Waals surface area (Å²) >= 11 is 0. The third-order valence-electron chi connectivity index (χ3n) is 2.74.